The Morgan fingerprint density at radius 2 is 1.88 bits per heavy atom. The van der Waals surface area contributed by atoms with E-state index in [2.05, 4.69) is 59.5 Å². The van der Waals surface area contributed by atoms with Crippen LogP contribution in [0.2, 0.25) is 0 Å². The molecule has 0 spiro atoms. The van der Waals surface area contributed by atoms with Gasteiger partial charge in [0, 0.05) is 62.3 Å². The van der Waals surface area contributed by atoms with Crippen molar-refractivity contribution in [3.05, 3.63) is 78.5 Å². The van der Waals surface area contributed by atoms with E-state index < -0.39 is 0 Å². The third-order valence-electron chi connectivity index (χ3n) is 7.46. The van der Waals surface area contributed by atoms with Crippen LogP contribution in [-0.4, -0.2) is 71.2 Å². The second-order valence-corrected chi connectivity index (χ2v) is 10.4. The number of anilines is 2. The van der Waals surface area contributed by atoms with Crippen LogP contribution in [0.1, 0.15) is 18.2 Å². The summed E-state index contributed by atoms with van der Waals surface area (Å²) in [7, 11) is 0. The van der Waals surface area contributed by atoms with Gasteiger partial charge in [-0.25, -0.2) is 9.97 Å². The van der Waals surface area contributed by atoms with E-state index in [1.54, 1.807) is 19.4 Å². The number of hydrogen-bond acceptors (Lipinski definition) is 8. The third-order valence-corrected chi connectivity index (χ3v) is 7.46. The number of carbonyl (C=O) groups is 1. The third kappa shape index (κ3) is 6.08. The molecule has 2 fully saturated rings. The maximum absolute atomic E-state index is 12.9. The van der Waals surface area contributed by atoms with Gasteiger partial charge in [0.05, 0.1) is 30.3 Å². The van der Waals surface area contributed by atoms with E-state index in [0.29, 0.717) is 32.1 Å². The largest absolute Gasteiger partial charge is 0.378 e. The molecule has 0 bridgehead atoms. The number of Topliss-reactive ketones (excluding diaryl/α,β-unsaturated/α-hetero) is 1. The Hall–Kier alpha value is -4.68. The molecule has 2 N–H and O–H groups in total. The number of allylic oxidation sites excluding steroid dienone is 1. The Balaban J connectivity index is 1.06. The number of nitrogens with zero attached hydrogens (tertiary/aromatic N) is 5. The first kappa shape index (κ1) is 26.5. The van der Waals surface area contributed by atoms with Crippen LogP contribution < -0.4 is 15.1 Å². The lowest BCUT2D eigenvalue weighted by molar-refractivity contribution is -0.117. The van der Waals surface area contributed by atoms with Gasteiger partial charge in [-0.3, -0.25) is 9.78 Å². The molecule has 0 atom stereocenters. The van der Waals surface area contributed by atoms with E-state index >= 15 is 0 Å². The van der Waals surface area contributed by atoms with Crippen molar-refractivity contribution in [2.24, 2.45) is 0 Å². The van der Waals surface area contributed by atoms with Gasteiger partial charge < -0.3 is 24.8 Å². The van der Waals surface area contributed by atoms with Crippen LogP contribution in [0.3, 0.4) is 0 Å². The zero-order valence-electron chi connectivity index (χ0n) is 23.2. The number of ketones is 1. The predicted octanol–water partition coefficient (Wildman–Crippen LogP) is 3.53. The number of carbonyl (C=O) groups excluding carboxylic acids is 1. The molecule has 208 valence electrons. The first-order valence-electron chi connectivity index (χ1n) is 13.9. The quantitative estimate of drug-likeness (QED) is 0.307. The molecule has 2 saturated heterocycles. The van der Waals surface area contributed by atoms with Crippen LogP contribution in [0.5, 0.6) is 0 Å². The number of aromatic amines is 1. The van der Waals surface area contributed by atoms with E-state index in [1.165, 1.54) is 0 Å². The number of rotatable bonds is 9. The fraction of sp³-hybridized carbons (Fsp3) is 0.312. The summed E-state index contributed by atoms with van der Waals surface area (Å²) in [6.07, 6.45) is 4.05. The molecule has 2 aliphatic heterocycles. The molecule has 2 aliphatic rings. The van der Waals surface area contributed by atoms with Gasteiger partial charge in [-0.2, -0.15) is 0 Å². The molecular weight excluding hydrogens is 514 g/mol. The molecule has 41 heavy (non-hydrogen) atoms. The van der Waals surface area contributed by atoms with Gasteiger partial charge in [-0.1, -0.05) is 42.7 Å². The minimum atomic E-state index is 0.135. The highest BCUT2D eigenvalue weighted by atomic mass is 16.5. The van der Waals surface area contributed by atoms with Gasteiger partial charge >= 0.3 is 0 Å². The first-order valence-corrected chi connectivity index (χ1v) is 13.9. The van der Waals surface area contributed by atoms with E-state index in [-0.39, 0.29) is 5.78 Å². The Morgan fingerprint density at radius 3 is 2.66 bits per heavy atom. The molecular formula is C32H33N7O2. The van der Waals surface area contributed by atoms with Crippen molar-refractivity contribution in [3.8, 4) is 23.1 Å². The van der Waals surface area contributed by atoms with Gasteiger partial charge in [0.25, 0.3) is 0 Å². The van der Waals surface area contributed by atoms with Crippen molar-refractivity contribution in [2.45, 2.75) is 25.8 Å². The highest BCUT2D eigenvalue weighted by Crippen LogP contribution is 2.29. The molecule has 9 heteroatoms. The minimum absolute atomic E-state index is 0.135. The highest BCUT2D eigenvalue weighted by Gasteiger charge is 2.27. The number of nitrogens with one attached hydrogen (secondary N) is 2. The zero-order valence-corrected chi connectivity index (χ0v) is 23.2. The molecule has 9 nitrogen and oxygen atoms in total. The number of benzene rings is 1. The topological polar surface area (TPSA) is 99.3 Å². The Morgan fingerprint density at radius 1 is 1.07 bits per heavy atom. The fourth-order valence-corrected chi connectivity index (χ4v) is 5.38. The number of H-pyrrole nitrogens is 1. The van der Waals surface area contributed by atoms with E-state index in [1.807, 2.05) is 36.4 Å². The lowest BCUT2D eigenvalue weighted by atomic mass is 10.0. The van der Waals surface area contributed by atoms with Crippen LogP contribution in [0.25, 0.3) is 22.3 Å². The summed E-state index contributed by atoms with van der Waals surface area (Å²) in [4.78, 5) is 34.3. The van der Waals surface area contributed by atoms with Crippen molar-refractivity contribution < 1.29 is 9.53 Å². The van der Waals surface area contributed by atoms with Crippen LogP contribution in [0.4, 0.5) is 11.5 Å². The van der Waals surface area contributed by atoms with Gasteiger partial charge in [0.15, 0.2) is 0 Å². The van der Waals surface area contributed by atoms with Crippen molar-refractivity contribution in [2.75, 3.05) is 49.2 Å². The van der Waals surface area contributed by atoms with E-state index in [0.717, 1.165) is 76.9 Å². The summed E-state index contributed by atoms with van der Waals surface area (Å²) in [5.74, 6) is 6.87. The second kappa shape index (κ2) is 11.8. The summed E-state index contributed by atoms with van der Waals surface area (Å²) in [5, 5.41) is 4.33. The van der Waals surface area contributed by atoms with Crippen molar-refractivity contribution in [1.82, 2.24) is 25.3 Å². The fourth-order valence-electron chi connectivity index (χ4n) is 5.38. The maximum atomic E-state index is 12.9. The second-order valence-electron chi connectivity index (χ2n) is 10.4. The smallest absolute Gasteiger partial charge is 0.143 e. The summed E-state index contributed by atoms with van der Waals surface area (Å²) in [6.45, 7) is 10.5. The molecule has 6 rings (SSSR count). The monoisotopic (exact) mass is 547 g/mol. The molecule has 0 unspecified atom stereocenters. The standard InChI is InChI=1S/C32H33N7O2/c1-3-4-22(2)36-26-19-39(20-26)27-9-10-33-25(16-27)17-28(40)15-23-5-7-24(8-6-23)30-18-29-31(37-30)34-21-35-32(29)38-11-13-41-14-12-38/h5-10,16,18,21,26,36H,2,11-15,17,19-20H2,1H3,(H,34,35,37). The van der Waals surface area contributed by atoms with Gasteiger partial charge in [0.1, 0.15) is 23.6 Å². The van der Waals surface area contributed by atoms with Crippen LogP contribution in [0, 0.1) is 11.8 Å². The first-order chi connectivity index (χ1) is 20.1. The van der Waals surface area contributed by atoms with Crippen molar-refractivity contribution >= 4 is 28.3 Å². The van der Waals surface area contributed by atoms with Gasteiger partial charge in [-0.05, 0) is 36.2 Å². The molecule has 3 aromatic heterocycles. The number of morpholine rings is 1. The Bertz CT molecular complexity index is 1620. The molecule has 4 aromatic rings. The van der Waals surface area contributed by atoms with Crippen LogP contribution in [0.15, 0.2) is 67.3 Å². The average molecular weight is 548 g/mol. The number of fused-ring (bicyclic) bond motifs is 1. The summed E-state index contributed by atoms with van der Waals surface area (Å²) in [5.41, 5.74) is 6.42. The SMILES string of the molecule is C=C(C#CC)NC1CN(c2ccnc(CC(=O)Cc3ccc(-c4cc5c(N6CCOCC6)ncnc5[nH]4)cc3)c2)C1. The van der Waals surface area contributed by atoms with Crippen molar-refractivity contribution in [3.63, 3.8) is 0 Å². The van der Waals surface area contributed by atoms with E-state index in [9.17, 15) is 4.79 Å². The number of pyridine rings is 1. The molecule has 0 amide bonds. The van der Waals surface area contributed by atoms with E-state index in [4.69, 9.17) is 4.74 Å². The lowest BCUT2D eigenvalue weighted by Crippen LogP contribution is -2.57. The number of aromatic nitrogens is 4. The summed E-state index contributed by atoms with van der Waals surface area (Å²) in [6, 6.07) is 14.6. The Labute approximate surface area is 239 Å². The van der Waals surface area contributed by atoms with Gasteiger partial charge in [-0.15, -0.1) is 0 Å². The maximum Gasteiger partial charge on any atom is 0.143 e. The number of ether oxygens (including phenoxy) is 1. The normalized spacial score (nSPS) is 15.2. The number of hydrogen-bond donors (Lipinski definition) is 2. The van der Waals surface area contributed by atoms with Crippen molar-refractivity contribution in [1.29, 1.82) is 0 Å². The van der Waals surface area contributed by atoms with Crippen LogP contribution in [-0.2, 0) is 22.4 Å². The lowest BCUT2D eigenvalue weighted by Gasteiger charge is -2.41. The molecule has 1 aromatic carbocycles. The Kier molecular flexibility index (Phi) is 7.65. The average Bonchev–Trinajstić information content (AvgIpc) is 3.40. The molecule has 0 saturated carbocycles. The minimum Gasteiger partial charge on any atom is -0.378 e. The summed E-state index contributed by atoms with van der Waals surface area (Å²) >= 11 is 0. The predicted molar refractivity (Wildman–Crippen MR) is 161 cm³/mol. The highest BCUT2D eigenvalue weighted by molar-refractivity contribution is 5.92. The molecule has 0 radical (unpaired) electrons. The molecule has 0 aliphatic carbocycles. The van der Waals surface area contributed by atoms with Crippen LogP contribution >= 0.6 is 0 Å². The zero-order chi connectivity index (χ0) is 28.2. The molecule has 5 heterocycles. The summed E-state index contributed by atoms with van der Waals surface area (Å²) < 4.78 is 5.49. The van der Waals surface area contributed by atoms with Gasteiger partial charge in [0.2, 0.25) is 0 Å².